The lowest BCUT2D eigenvalue weighted by atomic mass is 9.77. The zero-order chi connectivity index (χ0) is 23.4. The van der Waals surface area contributed by atoms with E-state index in [-0.39, 0.29) is 29.2 Å². The van der Waals surface area contributed by atoms with Gasteiger partial charge in [-0.15, -0.1) is 11.3 Å². The number of nitrogens with one attached hydrogen (secondary N) is 2. The first-order valence-electron chi connectivity index (χ1n) is 11.8. The molecule has 1 spiro atoms. The molecule has 2 N–H and O–H groups in total. The first-order chi connectivity index (χ1) is 16.6. The highest BCUT2D eigenvalue weighted by Gasteiger charge is 2.42. The topological polar surface area (TPSA) is 67.4 Å². The van der Waals surface area contributed by atoms with E-state index in [1.165, 1.54) is 17.8 Å². The van der Waals surface area contributed by atoms with E-state index in [0.29, 0.717) is 5.56 Å². The fraction of sp³-hybridized carbons (Fsp3) is 0.286. The van der Waals surface area contributed by atoms with Crippen molar-refractivity contribution in [1.82, 2.24) is 10.6 Å². The van der Waals surface area contributed by atoms with Crippen LogP contribution in [-0.4, -0.2) is 17.4 Å². The predicted molar refractivity (Wildman–Crippen MR) is 135 cm³/mol. The molecule has 1 aliphatic carbocycles. The number of hydrogen-bond acceptors (Lipinski definition) is 4. The molecule has 0 bridgehead atoms. The molecule has 1 aliphatic heterocycles. The van der Waals surface area contributed by atoms with E-state index >= 15 is 0 Å². The summed E-state index contributed by atoms with van der Waals surface area (Å²) >= 11 is 1.52. The molecule has 2 amide bonds. The maximum absolute atomic E-state index is 13.6. The van der Waals surface area contributed by atoms with Gasteiger partial charge in [0.25, 0.3) is 11.8 Å². The van der Waals surface area contributed by atoms with Gasteiger partial charge in [0, 0.05) is 22.4 Å². The van der Waals surface area contributed by atoms with Crippen LogP contribution >= 0.6 is 11.3 Å². The second kappa shape index (κ2) is 9.85. The summed E-state index contributed by atoms with van der Waals surface area (Å²) in [6.07, 6.45) is 7.96. The van der Waals surface area contributed by atoms with Crippen LogP contribution in [0.15, 0.2) is 77.8 Å². The van der Waals surface area contributed by atoms with Crippen LogP contribution in [0.5, 0.6) is 5.75 Å². The number of para-hydroxylation sites is 1. The summed E-state index contributed by atoms with van der Waals surface area (Å²) in [5.74, 6) is 0.234. The Morgan fingerprint density at radius 1 is 0.941 bits per heavy atom. The molecule has 34 heavy (non-hydrogen) atoms. The minimum absolute atomic E-state index is 0.184. The number of amides is 2. The smallest absolute Gasteiger partial charge is 0.268 e. The van der Waals surface area contributed by atoms with Crippen molar-refractivity contribution in [1.29, 1.82) is 0 Å². The molecular formula is C28H28N2O3S. The summed E-state index contributed by atoms with van der Waals surface area (Å²) < 4.78 is 6.51. The van der Waals surface area contributed by atoms with Crippen LogP contribution in [0.2, 0.25) is 0 Å². The number of thiophene rings is 1. The summed E-state index contributed by atoms with van der Waals surface area (Å²) in [7, 11) is 0. The maximum Gasteiger partial charge on any atom is 0.268 e. The molecule has 2 heterocycles. The Morgan fingerprint density at radius 3 is 2.47 bits per heavy atom. The van der Waals surface area contributed by atoms with Gasteiger partial charge < -0.3 is 15.4 Å². The standard InChI is InChI=1S/C28H28N2O3S/c31-26(20-10-3-1-4-11-20)29-23(18-21-12-9-17-34-21)27(32)30-24-19-28(15-7-2-8-16-28)33-25-14-6-5-13-22(24)25/h1,3-6,9-14,17-18,24H,2,7-8,15-16,19H2,(H,29,31)(H,30,32)/b23-18-. The van der Waals surface area contributed by atoms with Crippen LogP contribution in [0.1, 0.15) is 65.4 Å². The second-order valence-corrected chi connectivity index (χ2v) is 9.99. The monoisotopic (exact) mass is 472 g/mol. The van der Waals surface area contributed by atoms with Gasteiger partial charge in [0.1, 0.15) is 17.0 Å². The summed E-state index contributed by atoms with van der Waals surface area (Å²) in [5.41, 5.74) is 1.48. The number of fused-ring (bicyclic) bond motifs is 1. The molecule has 0 radical (unpaired) electrons. The lowest BCUT2D eigenvalue weighted by Gasteiger charge is -2.44. The predicted octanol–water partition coefficient (Wildman–Crippen LogP) is 5.86. The van der Waals surface area contributed by atoms with Crippen LogP contribution in [-0.2, 0) is 4.79 Å². The third-order valence-electron chi connectivity index (χ3n) is 6.63. The number of rotatable bonds is 5. The maximum atomic E-state index is 13.6. The quantitative estimate of drug-likeness (QED) is 0.457. The van der Waals surface area contributed by atoms with E-state index in [1.54, 1.807) is 30.3 Å². The number of hydrogen-bond donors (Lipinski definition) is 2. The van der Waals surface area contributed by atoms with Gasteiger partial charge in [-0.3, -0.25) is 9.59 Å². The van der Waals surface area contributed by atoms with Crippen molar-refractivity contribution in [3.05, 3.63) is 93.8 Å². The van der Waals surface area contributed by atoms with E-state index in [2.05, 4.69) is 10.6 Å². The Kier molecular flexibility index (Phi) is 6.50. The van der Waals surface area contributed by atoms with Gasteiger partial charge in [0.05, 0.1) is 6.04 Å². The lowest BCUT2D eigenvalue weighted by Crippen LogP contribution is -2.47. The largest absolute Gasteiger partial charge is 0.487 e. The SMILES string of the molecule is O=C(NC1CC2(CCCCC2)Oc2ccccc21)/C(=C/c1cccs1)NC(=O)c1ccccc1. The van der Waals surface area contributed by atoms with Crippen LogP contribution in [0.3, 0.4) is 0 Å². The van der Waals surface area contributed by atoms with Gasteiger partial charge in [0.15, 0.2) is 0 Å². The number of ether oxygens (including phenoxy) is 1. The molecule has 6 heteroatoms. The van der Waals surface area contributed by atoms with Crippen molar-refractivity contribution in [2.45, 2.75) is 50.2 Å². The minimum atomic E-state index is -0.310. The molecule has 2 aromatic carbocycles. The van der Waals surface area contributed by atoms with E-state index in [1.807, 2.05) is 47.8 Å². The molecular weight excluding hydrogens is 444 g/mol. The molecule has 3 aromatic rings. The molecule has 1 aromatic heterocycles. The highest BCUT2D eigenvalue weighted by molar-refractivity contribution is 7.10. The van der Waals surface area contributed by atoms with Crippen molar-refractivity contribution in [2.24, 2.45) is 0 Å². The fourth-order valence-electron chi connectivity index (χ4n) is 4.94. The van der Waals surface area contributed by atoms with Crippen LogP contribution < -0.4 is 15.4 Å². The van der Waals surface area contributed by atoms with Crippen molar-refractivity contribution >= 4 is 29.2 Å². The van der Waals surface area contributed by atoms with E-state index in [0.717, 1.165) is 48.3 Å². The van der Waals surface area contributed by atoms with E-state index in [4.69, 9.17) is 4.74 Å². The zero-order valence-electron chi connectivity index (χ0n) is 19.0. The molecule has 0 saturated heterocycles. The number of benzene rings is 2. The fourth-order valence-corrected chi connectivity index (χ4v) is 5.60. The summed E-state index contributed by atoms with van der Waals surface area (Å²) in [6.45, 7) is 0. The molecule has 1 saturated carbocycles. The minimum Gasteiger partial charge on any atom is -0.487 e. The summed E-state index contributed by atoms with van der Waals surface area (Å²) in [5, 5.41) is 8.01. The molecule has 5 nitrogen and oxygen atoms in total. The molecule has 1 fully saturated rings. The summed E-state index contributed by atoms with van der Waals surface area (Å²) in [6, 6.07) is 20.5. The number of carbonyl (C=O) groups excluding carboxylic acids is 2. The van der Waals surface area contributed by atoms with Gasteiger partial charge in [-0.1, -0.05) is 48.9 Å². The van der Waals surface area contributed by atoms with Crippen molar-refractivity contribution in [3.8, 4) is 5.75 Å². The Labute approximate surface area is 203 Å². The molecule has 2 aliphatic rings. The lowest BCUT2D eigenvalue weighted by molar-refractivity contribution is -0.119. The number of carbonyl (C=O) groups is 2. The van der Waals surface area contributed by atoms with Crippen molar-refractivity contribution < 1.29 is 14.3 Å². The molecule has 1 atom stereocenters. The van der Waals surface area contributed by atoms with E-state index < -0.39 is 0 Å². The van der Waals surface area contributed by atoms with Crippen LogP contribution in [0, 0.1) is 0 Å². The second-order valence-electron chi connectivity index (χ2n) is 9.01. The van der Waals surface area contributed by atoms with Crippen molar-refractivity contribution in [3.63, 3.8) is 0 Å². The van der Waals surface area contributed by atoms with Gasteiger partial charge in [-0.05, 0) is 61.4 Å². The van der Waals surface area contributed by atoms with Gasteiger partial charge in [-0.25, -0.2) is 0 Å². The van der Waals surface area contributed by atoms with Crippen LogP contribution in [0.4, 0.5) is 0 Å². The zero-order valence-corrected chi connectivity index (χ0v) is 19.8. The Hall–Kier alpha value is -3.38. The Bertz CT molecular complexity index is 1180. The average molecular weight is 473 g/mol. The van der Waals surface area contributed by atoms with Crippen LogP contribution in [0.25, 0.3) is 6.08 Å². The van der Waals surface area contributed by atoms with Gasteiger partial charge >= 0.3 is 0 Å². The Balaban J connectivity index is 1.41. The molecule has 1 unspecified atom stereocenters. The first kappa shape index (κ1) is 22.4. The average Bonchev–Trinajstić information content (AvgIpc) is 3.38. The highest BCUT2D eigenvalue weighted by Crippen LogP contribution is 2.46. The molecule has 5 rings (SSSR count). The molecule has 174 valence electrons. The first-order valence-corrected chi connectivity index (χ1v) is 12.7. The highest BCUT2D eigenvalue weighted by atomic mass is 32.1. The van der Waals surface area contributed by atoms with Gasteiger partial charge in [0.2, 0.25) is 0 Å². The Morgan fingerprint density at radius 2 is 1.71 bits per heavy atom. The third-order valence-corrected chi connectivity index (χ3v) is 7.45. The van der Waals surface area contributed by atoms with Crippen molar-refractivity contribution in [2.75, 3.05) is 0 Å². The normalized spacial score (nSPS) is 19.1. The third kappa shape index (κ3) is 4.92. The van der Waals surface area contributed by atoms with Gasteiger partial charge in [-0.2, -0.15) is 0 Å². The van der Waals surface area contributed by atoms with E-state index in [9.17, 15) is 9.59 Å². The summed E-state index contributed by atoms with van der Waals surface area (Å²) in [4.78, 5) is 27.3.